The van der Waals surface area contributed by atoms with E-state index < -0.39 is 0 Å². The van der Waals surface area contributed by atoms with Gasteiger partial charge < -0.3 is 9.80 Å². The molecule has 2 heterocycles. The van der Waals surface area contributed by atoms with Crippen LogP contribution >= 0.6 is 11.6 Å². The molecule has 0 bridgehead atoms. The predicted molar refractivity (Wildman–Crippen MR) is 61.0 cm³/mol. The summed E-state index contributed by atoms with van der Waals surface area (Å²) in [6.45, 7) is 7.60. The van der Waals surface area contributed by atoms with Crippen LogP contribution in [0, 0.1) is 0 Å². The molecular formula is C11H21ClN2. The van der Waals surface area contributed by atoms with Gasteiger partial charge in [-0.2, -0.15) is 0 Å². The van der Waals surface area contributed by atoms with Gasteiger partial charge in [-0.05, 0) is 51.9 Å². The lowest BCUT2D eigenvalue weighted by atomic mass is 10.1. The van der Waals surface area contributed by atoms with Gasteiger partial charge in [0.25, 0.3) is 0 Å². The lowest BCUT2D eigenvalue weighted by molar-refractivity contribution is 0.198. The van der Waals surface area contributed by atoms with Gasteiger partial charge in [-0.25, -0.2) is 0 Å². The first-order valence-electron chi connectivity index (χ1n) is 5.93. The zero-order valence-electron chi connectivity index (χ0n) is 8.92. The van der Waals surface area contributed by atoms with Gasteiger partial charge in [-0.15, -0.1) is 11.6 Å². The highest BCUT2D eigenvalue weighted by molar-refractivity contribution is 6.20. The number of hydrogen-bond donors (Lipinski definition) is 0. The molecule has 0 aliphatic carbocycles. The van der Waals surface area contributed by atoms with Crippen LogP contribution in [-0.2, 0) is 0 Å². The molecule has 2 aliphatic rings. The standard InChI is InChI=1S/C11H21ClN2/c12-11-3-7-14(8-4-11)10-9-13-5-1-2-6-13/h11H,1-10H2. The topological polar surface area (TPSA) is 6.48 Å². The van der Waals surface area contributed by atoms with Gasteiger partial charge in [-0.1, -0.05) is 0 Å². The van der Waals surface area contributed by atoms with Crippen LogP contribution in [0.4, 0.5) is 0 Å². The van der Waals surface area contributed by atoms with Crippen molar-refractivity contribution in [3.8, 4) is 0 Å². The van der Waals surface area contributed by atoms with E-state index in [4.69, 9.17) is 11.6 Å². The summed E-state index contributed by atoms with van der Waals surface area (Å²) in [6.07, 6.45) is 5.18. The maximum absolute atomic E-state index is 6.07. The van der Waals surface area contributed by atoms with Crippen LogP contribution in [0.15, 0.2) is 0 Å². The van der Waals surface area contributed by atoms with Gasteiger partial charge in [0.2, 0.25) is 0 Å². The van der Waals surface area contributed by atoms with E-state index in [1.165, 1.54) is 65.0 Å². The van der Waals surface area contributed by atoms with Crippen molar-refractivity contribution < 1.29 is 0 Å². The second-order valence-electron chi connectivity index (χ2n) is 4.57. The lowest BCUT2D eigenvalue weighted by Gasteiger charge is -2.30. The molecule has 0 N–H and O–H groups in total. The highest BCUT2D eigenvalue weighted by atomic mass is 35.5. The minimum absolute atomic E-state index is 0.443. The number of hydrogen-bond acceptors (Lipinski definition) is 2. The van der Waals surface area contributed by atoms with Crippen molar-refractivity contribution in [2.45, 2.75) is 31.1 Å². The Bertz CT molecular complexity index is 161. The summed E-state index contributed by atoms with van der Waals surface area (Å²) in [4.78, 5) is 5.16. The summed E-state index contributed by atoms with van der Waals surface area (Å²) in [6, 6.07) is 0. The molecule has 0 radical (unpaired) electrons. The van der Waals surface area contributed by atoms with Crippen molar-refractivity contribution in [1.29, 1.82) is 0 Å². The first-order chi connectivity index (χ1) is 6.84. The van der Waals surface area contributed by atoms with E-state index >= 15 is 0 Å². The smallest absolute Gasteiger partial charge is 0.0360 e. The molecule has 0 aromatic rings. The molecule has 0 spiro atoms. The van der Waals surface area contributed by atoms with Crippen molar-refractivity contribution in [1.82, 2.24) is 9.80 Å². The quantitative estimate of drug-likeness (QED) is 0.664. The van der Waals surface area contributed by atoms with E-state index in [9.17, 15) is 0 Å². The van der Waals surface area contributed by atoms with Gasteiger partial charge in [0.1, 0.15) is 0 Å². The lowest BCUT2D eigenvalue weighted by Crippen LogP contribution is -2.39. The van der Waals surface area contributed by atoms with Crippen LogP contribution in [0.25, 0.3) is 0 Å². The minimum atomic E-state index is 0.443. The Hall–Kier alpha value is 0.210. The number of piperidine rings is 1. The van der Waals surface area contributed by atoms with Crippen LogP contribution in [0.3, 0.4) is 0 Å². The van der Waals surface area contributed by atoms with Crippen LogP contribution < -0.4 is 0 Å². The Labute approximate surface area is 92.2 Å². The molecule has 0 aromatic carbocycles. The van der Waals surface area contributed by atoms with Crippen molar-refractivity contribution in [3.63, 3.8) is 0 Å². The average Bonchev–Trinajstić information content (AvgIpc) is 2.70. The number of alkyl halides is 1. The number of rotatable bonds is 3. The van der Waals surface area contributed by atoms with E-state index in [0.717, 1.165) is 0 Å². The van der Waals surface area contributed by atoms with E-state index in [2.05, 4.69) is 9.80 Å². The largest absolute Gasteiger partial charge is 0.302 e. The zero-order chi connectivity index (χ0) is 9.80. The molecule has 0 aromatic heterocycles. The van der Waals surface area contributed by atoms with Crippen molar-refractivity contribution in [2.24, 2.45) is 0 Å². The molecule has 0 atom stereocenters. The van der Waals surface area contributed by atoms with Crippen LogP contribution in [0.2, 0.25) is 0 Å². The molecule has 0 saturated carbocycles. The van der Waals surface area contributed by atoms with Crippen molar-refractivity contribution in [3.05, 3.63) is 0 Å². The molecule has 2 nitrogen and oxygen atoms in total. The van der Waals surface area contributed by atoms with Gasteiger partial charge in [0.15, 0.2) is 0 Å². The number of halogens is 1. The molecule has 3 heteroatoms. The van der Waals surface area contributed by atoms with Gasteiger partial charge in [0.05, 0.1) is 0 Å². The molecule has 14 heavy (non-hydrogen) atoms. The molecule has 2 saturated heterocycles. The number of nitrogens with zero attached hydrogens (tertiary/aromatic N) is 2. The Morgan fingerprint density at radius 3 is 1.93 bits per heavy atom. The van der Waals surface area contributed by atoms with Crippen LogP contribution in [-0.4, -0.2) is 54.4 Å². The first-order valence-corrected chi connectivity index (χ1v) is 6.37. The highest BCUT2D eigenvalue weighted by Gasteiger charge is 2.18. The SMILES string of the molecule is ClC1CCN(CCN2CCCC2)CC1. The Morgan fingerprint density at radius 1 is 0.857 bits per heavy atom. The second kappa shape index (κ2) is 5.34. The van der Waals surface area contributed by atoms with Crippen molar-refractivity contribution in [2.75, 3.05) is 39.3 Å². The third-order valence-electron chi connectivity index (χ3n) is 3.45. The summed E-state index contributed by atoms with van der Waals surface area (Å²) >= 11 is 6.07. The summed E-state index contributed by atoms with van der Waals surface area (Å²) in [5.41, 5.74) is 0. The van der Waals surface area contributed by atoms with Gasteiger partial charge in [-0.3, -0.25) is 0 Å². The van der Waals surface area contributed by atoms with Crippen molar-refractivity contribution >= 4 is 11.6 Å². The predicted octanol–water partition coefficient (Wildman–Crippen LogP) is 1.79. The normalized spacial score (nSPS) is 27.2. The first kappa shape index (κ1) is 10.7. The fourth-order valence-corrected chi connectivity index (χ4v) is 2.61. The van der Waals surface area contributed by atoms with E-state index in [-0.39, 0.29) is 0 Å². The Balaban J connectivity index is 1.60. The summed E-state index contributed by atoms with van der Waals surface area (Å²) in [5.74, 6) is 0. The molecule has 0 unspecified atom stereocenters. The fraction of sp³-hybridized carbons (Fsp3) is 1.00. The maximum Gasteiger partial charge on any atom is 0.0360 e. The number of likely N-dealkylation sites (tertiary alicyclic amines) is 2. The van der Waals surface area contributed by atoms with Crippen LogP contribution in [0.5, 0.6) is 0 Å². The fourth-order valence-electron chi connectivity index (χ4n) is 2.41. The highest BCUT2D eigenvalue weighted by Crippen LogP contribution is 2.15. The molecule has 82 valence electrons. The molecule has 0 amide bonds. The third-order valence-corrected chi connectivity index (χ3v) is 3.88. The van der Waals surface area contributed by atoms with E-state index in [0.29, 0.717) is 5.38 Å². The minimum Gasteiger partial charge on any atom is -0.302 e. The summed E-state index contributed by atoms with van der Waals surface area (Å²) < 4.78 is 0. The Morgan fingerprint density at radius 2 is 1.36 bits per heavy atom. The van der Waals surface area contributed by atoms with E-state index in [1.54, 1.807) is 0 Å². The second-order valence-corrected chi connectivity index (χ2v) is 5.18. The van der Waals surface area contributed by atoms with Gasteiger partial charge in [0, 0.05) is 18.5 Å². The Kier molecular flexibility index (Phi) is 4.09. The maximum atomic E-state index is 6.07. The molecule has 2 fully saturated rings. The zero-order valence-corrected chi connectivity index (χ0v) is 9.68. The molecular weight excluding hydrogens is 196 g/mol. The monoisotopic (exact) mass is 216 g/mol. The van der Waals surface area contributed by atoms with E-state index in [1.807, 2.05) is 0 Å². The average molecular weight is 217 g/mol. The molecule has 2 aliphatic heterocycles. The summed E-state index contributed by atoms with van der Waals surface area (Å²) in [7, 11) is 0. The summed E-state index contributed by atoms with van der Waals surface area (Å²) in [5, 5.41) is 0.443. The molecule has 2 rings (SSSR count). The van der Waals surface area contributed by atoms with Gasteiger partial charge >= 0.3 is 0 Å². The third kappa shape index (κ3) is 3.11. The van der Waals surface area contributed by atoms with Crippen LogP contribution in [0.1, 0.15) is 25.7 Å².